The molecule has 0 saturated carbocycles. The third-order valence-electron chi connectivity index (χ3n) is 3.31. The van der Waals surface area contributed by atoms with Gasteiger partial charge in [-0.15, -0.1) is 0 Å². The van der Waals surface area contributed by atoms with Crippen LogP contribution in [0.15, 0.2) is 71.9 Å². The number of carbonyl (C=O) groups is 1. The summed E-state index contributed by atoms with van der Waals surface area (Å²) in [4.78, 5) is 12.1. The maximum Gasteiger partial charge on any atom is 0.255 e. The zero-order chi connectivity index (χ0) is 17.2. The number of aromatic nitrogens is 2. The van der Waals surface area contributed by atoms with Crippen molar-refractivity contribution in [2.45, 2.75) is 4.90 Å². The average Bonchev–Trinajstić information content (AvgIpc) is 3.03. The summed E-state index contributed by atoms with van der Waals surface area (Å²) < 4.78 is 24.0. The minimum absolute atomic E-state index is 0.0241. The normalized spacial score (nSPS) is 11.2. The zero-order valence-electron chi connectivity index (χ0n) is 12.5. The topological polar surface area (TPSA) is 107 Å². The Kier molecular flexibility index (Phi) is 4.15. The molecule has 0 unspecified atom stereocenters. The van der Waals surface area contributed by atoms with Gasteiger partial charge < -0.3 is 5.32 Å². The van der Waals surface area contributed by atoms with Crippen LogP contribution in [0.25, 0.3) is 5.69 Å². The second kappa shape index (κ2) is 6.26. The summed E-state index contributed by atoms with van der Waals surface area (Å²) in [7, 11) is -3.73. The Morgan fingerprint density at radius 3 is 2.33 bits per heavy atom. The first-order chi connectivity index (χ1) is 11.4. The first-order valence-electron chi connectivity index (χ1n) is 6.98. The number of nitrogens with zero attached hydrogens (tertiary/aromatic N) is 2. The Bertz CT molecular complexity index is 964. The summed E-state index contributed by atoms with van der Waals surface area (Å²) in [6.45, 7) is 0. The van der Waals surface area contributed by atoms with E-state index in [2.05, 4.69) is 10.4 Å². The standard InChI is InChI=1S/C16H14N4O3S/c17-24(22,23)15-8-6-14(7-9-15)20-11-13(10-18-20)19-16(21)12-4-2-1-3-5-12/h1-11H,(H,19,21)(H2,17,22,23). The lowest BCUT2D eigenvalue weighted by Crippen LogP contribution is -2.12. The molecule has 0 atom stereocenters. The Morgan fingerprint density at radius 1 is 1.04 bits per heavy atom. The van der Waals surface area contributed by atoms with Crippen LogP contribution in [0.5, 0.6) is 0 Å². The predicted molar refractivity (Wildman–Crippen MR) is 89.3 cm³/mol. The zero-order valence-corrected chi connectivity index (χ0v) is 13.3. The van der Waals surface area contributed by atoms with E-state index >= 15 is 0 Å². The van der Waals surface area contributed by atoms with Crippen molar-refractivity contribution in [1.29, 1.82) is 0 Å². The van der Waals surface area contributed by atoms with Crippen molar-refractivity contribution in [2.75, 3.05) is 5.32 Å². The van der Waals surface area contributed by atoms with Gasteiger partial charge in [0.05, 0.1) is 28.7 Å². The molecule has 24 heavy (non-hydrogen) atoms. The van der Waals surface area contributed by atoms with Crippen LogP contribution in [0.4, 0.5) is 5.69 Å². The van der Waals surface area contributed by atoms with Crippen LogP contribution in [-0.4, -0.2) is 24.1 Å². The van der Waals surface area contributed by atoms with Crippen LogP contribution < -0.4 is 10.5 Å². The molecule has 3 N–H and O–H groups in total. The van der Waals surface area contributed by atoms with E-state index in [0.717, 1.165) is 0 Å². The number of benzene rings is 2. The molecule has 0 bridgehead atoms. The van der Waals surface area contributed by atoms with E-state index in [-0.39, 0.29) is 10.8 Å². The van der Waals surface area contributed by atoms with E-state index < -0.39 is 10.0 Å². The average molecular weight is 342 g/mol. The van der Waals surface area contributed by atoms with Gasteiger partial charge >= 0.3 is 0 Å². The predicted octanol–water partition coefficient (Wildman–Crippen LogP) is 1.77. The number of hydrogen-bond acceptors (Lipinski definition) is 4. The Morgan fingerprint density at radius 2 is 1.71 bits per heavy atom. The van der Waals surface area contributed by atoms with E-state index in [9.17, 15) is 13.2 Å². The third-order valence-corrected chi connectivity index (χ3v) is 4.24. The molecular weight excluding hydrogens is 328 g/mol. The Balaban J connectivity index is 1.77. The molecule has 0 saturated heterocycles. The molecule has 1 aromatic heterocycles. The van der Waals surface area contributed by atoms with Gasteiger partial charge in [0.15, 0.2) is 0 Å². The lowest BCUT2D eigenvalue weighted by atomic mass is 10.2. The van der Waals surface area contributed by atoms with Crippen molar-refractivity contribution in [3.63, 3.8) is 0 Å². The molecule has 0 fully saturated rings. The minimum atomic E-state index is -3.73. The van der Waals surface area contributed by atoms with Gasteiger partial charge in [0, 0.05) is 5.56 Å². The Hall–Kier alpha value is -2.97. The van der Waals surface area contributed by atoms with Crippen LogP contribution in [0.3, 0.4) is 0 Å². The fraction of sp³-hybridized carbons (Fsp3) is 0. The van der Waals surface area contributed by atoms with Crippen molar-refractivity contribution in [3.05, 3.63) is 72.6 Å². The number of sulfonamides is 1. The highest BCUT2D eigenvalue weighted by atomic mass is 32.2. The highest BCUT2D eigenvalue weighted by Crippen LogP contribution is 2.15. The van der Waals surface area contributed by atoms with Gasteiger partial charge in [-0.05, 0) is 36.4 Å². The molecule has 0 radical (unpaired) electrons. The summed E-state index contributed by atoms with van der Waals surface area (Å²) in [5.41, 5.74) is 1.71. The van der Waals surface area contributed by atoms with Gasteiger partial charge in [-0.1, -0.05) is 18.2 Å². The smallest absolute Gasteiger partial charge is 0.255 e. The van der Waals surface area contributed by atoms with Gasteiger partial charge in [0.2, 0.25) is 10.0 Å². The SMILES string of the molecule is NS(=O)(=O)c1ccc(-n2cc(NC(=O)c3ccccc3)cn2)cc1. The molecule has 2 aromatic carbocycles. The van der Waals surface area contributed by atoms with Crippen LogP contribution in [-0.2, 0) is 10.0 Å². The molecule has 0 spiro atoms. The summed E-state index contributed by atoms with van der Waals surface area (Å²) in [6.07, 6.45) is 3.14. The second-order valence-electron chi connectivity index (χ2n) is 5.03. The molecule has 122 valence electrons. The molecular formula is C16H14N4O3S. The highest BCUT2D eigenvalue weighted by Gasteiger charge is 2.09. The van der Waals surface area contributed by atoms with Gasteiger partial charge in [0.25, 0.3) is 5.91 Å². The maximum absolute atomic E-state index is 12.1. The lowest BCUT2D eigenvalue weighted by Gasteiger charge is -2.03. The minimum Gasteiger partial charge on any atom is -0.319 e. The van der Waals surface area contributed by atoms with Crippen molar-refractivity contribution < 1.29 is 13.2 Å². The van der Waals surface area contributed by atoms with E-state index in [4.69, 9.17) is 5.14 Å². The number of anilines is 1. The lowest BCUT2D eigenvalue weighted by molar-refractivity contribution is 0.102. The monoisotopic (exact) mass is 342 g/mol. The highest BCUT2D eigenvalue weighted by molar-refractivity contribution is 7.89. The molecule has 3 rings (SSSR count). The number of nitrogens with two attached hydrogens (primary N) is 1. The number of rotatable bonds is 4. The van der Waals surface area contributed by atoms with Crippen LogP contribution in [0, 0.1) is 0 Å². The Labute approximate surface area is 138 Å². The van der Waals surface area contributed by atoms with Gasteiger partial charge in [0.1, 0.15) is 0 Å². The summed E-state index contributed by atoms with van der Waals surface area (Å²) >= 11 is 0. The molecule has 1 heterocycles. The first-order valence-corrected chi connectivity index (χ1v) is 8.52. The van der Waals surface area contributed by atoms with E-state index in [1.807, 2.05) is 6.07 Å². The van der Waals surface area contributed by atoms with Crippen molar-refractivity contribution in [1.82, 2.24) is 9.78 Å². The molecule has 3 aromatic rings. The maximum atomic E-state index is 12.1. The number of carbonyl (C=O) groups excluding carboxylic acids is 1. The number of hydrogen-bond donors (Lipinski definition) is 2. The van der Waals surface area contributed by atoms with Gasteiger partial charge in [-0.25, -0.2) is 18.2 Å². The molecule has 8 heteroatoms. The van der Waals surface area contributed by atoms with Crippen molar-refractivity contribution in [2.24, 2.45) is 5.14 Å². The fourth-order valence-corrected chi connectivity index (χ4v) is 2.63. The van der Waals surface area contributed by atoms with Crippen molar-refractivity contribution in [3.8, 4) is 5.69 Å². The first kappa shape index (κ1) is 15.9. The summed E-state index contributed by atoms with van der Waals surface area (Å²) in [5, 5.41) is 12.0. The van der Waals surface area contributed by atoms with E-state index in [1.54, 1.807) is 42.6 Å². The number of primary sulfonamides is 1. The fourth-order valence-electron chi connectivity index (χ4n) is 2.11. The number of nitrogens with one attached hydrogen (secondary N) is 1. The van der Waals surface area contributed by atoms with Crippen LogP contribution in [0.1, 0.15) is 10.4 Å². The quantitative estimate of drug-likeness (QED) is 0.753. The van der Waals surface area contributed by atoms with E-state index in [0.29, 0.717) is 16.9 Å². The molecule has 0 aliphatic rings. The van der Waals surface area contributed by atoms with Crippen molar-refractivity contribution >= 4 is 21.6 Å². The largest absolute Gasteiger partial charge is 0.319 e. The summed E-state index contributed by atoms with van der Waals surface area (Å²) in [5.74, 6) is -0.236. The van der Waals surface area contributed by atoms with Crippen LogP contribution in [0.2, 0.25) is 0 Å². The van der Waals surface area contributed by atoms with Gasteiger partial charge in [-0.3, -0.25) is 4.79 Å². The van der Waals surface area contributed by atoms with Gasteiger partial charge in [-0.2, -0.15) is 5.10 Å². The third kappa shape index (κ3) is 3.50. The number of amides is 1. The second-order valence-corrected chi connectivity index (χ2v) is 6.59. The molecule has 0 aliphatic carbocycles. The van der Waals surface area contributed by atoms with Crippen LogP contribution >= 0.6 is 0 Å². The molecule has 0 aliphatic heterocycles. The summed E-state index contributed by atoms with van der Waals surface area (Å²) in [6, 6.07) is 14.8. The molecule has 7 nitrogen and oxygen atoms in total. The molecule has 1 amide bonds. The van der Waals surface area contributed by atoms with E-state index in [1.165, 1.54) is 23.0 Å².